The van der Waals surface area contributed by atoms with Crippen LogP contribution in [0.1, 0.15) is 194 Å². The number of nitrogens with zero attached hydrogens (tertiary/aromatic N) is 1. The summed E-state index contributed by atoms with van der Waals surface area (Å²) < 4.78 is 22.6. The van der Waals surface area contributed by atoms with Gasteiger partial charge in [-0.2, -0.15) is 0 Å². The molecule has 0 aromatic carbocycles. The molecule has 0 heterocycles. The van der Waals surface area contributed by atoms with E-state index in [-0.39, 0.29) is 38.6 Å². The molecule has 0 aliphatic heterocycles. The minimum atomic E-state index is -1.65. The van der Waals surface area contributed by atoms with Crippen molar-refractivity contribution in [3.05, 3.63) is 122 Å². The number of allylic oxidation sites excluding steroid dienone is 20. The molecule has 0 N–H and O–H groups in total. The van der Waals surface area contributed by atoms with Gasteiger partial charge in [0.2, 0.25) is 0 Å². The SMILES string of the molecule is CC/C=C\C/C=C\C/C=C\C/C=C\C/C=C\C/C=C\C/C=C\C/C=C\C/C=C\CCCC(=O)OC(COC(=O)CCCCCCCCC/C=C\CCCCCCCC)COC(OCC[N+](C)(C)C)C(=O)[O-]. The molecule has 9 nitrogen and oxygen atoms in total. The number of hydrogen-bond acceptors (Lipinski definition) is 8. The molecule has 0 aliphatic carbocycles. The zero-order valence-electron chi connectivity index (χ0n) is 45.5. The third-order valence-corrected chi connectivity index (χ3v) is 11.2. The molecule has 0 saturated heterocycles. The van der Waals surface area contributed by atoms with Gasteiger partial charge >= 0.3 is 11.9 Å². The van der Waals surface area contributed by atoms with Gasteiger partial charge in [-0.1, -0.05) is 200 Å². The van der Waals surface area contributed by atoms with Gasteiger partial charge in [0.25, 0.3) is 0 Å². The van der Waals surface area contributed by atoms with Crippen molar-refractivity contribution in [1.82, 2.24) is 0 Å². The van der Waals surface area contributed by atoms with Gasteiger partial charge < -0.3 is 33.3 Å². The van der Waals surface area contributed by atoms with Crippen molar-refractivity contribution in [1.29, 1.82) is 0 Å². The number of carboxylic acids is 1. The van der Waals surface area contributed by atoms with Crippen molar-refractivity contribution in [2.24, 2.45) is 0 Å². The number of carbonyl (C=O) groups excluding carboxylic acids is 3. The number of unbranched alkanes of at least 4 members (excludes halogenated alkanes) is 14. The molecule has 0 fully saturated rings. The van der Waals surface area contributed by atoms with Crippen LogP contribution >= 0.6 is 0 Å². The second kappa shape index (κ2) is 52.0. The summed E-state index contributed by atoms with van der Waals surface area (Å²) >= 11 is 0. The number of quaternary nitrogens is 1. The van der Waals surface area contributed by atoms with Crippen LogP contribution in [0.4, 0.5) is 0 Å². The first kappa shape index (κ1) is 66.7. The summed E-state index contributed by atoms with van der Waals surface area (Å²) in [7, 11) is 5.89. The van der Waals surface area contributed by atoms with E-state index in [0.29, 0.717) is 23.9 Å². The zero-order chi connectivity index (χ0) is 52.0. The van der Waals surface area contributed by atoms with Gasteiger partial charge in [-0.15, -0.1) is 0 Å². The molecule has 2 unspecified atom stereocenters. The van der Waals surface area contributed by atoms with E-state index in [2.05, 4.69) is 129 Å². The van der Waals surface area contributed by atoms with Gasteiger partial charge in [-0.3, -0.25) is 9.59 Å². The van der Waals surface area contributed by atoms with Gasteiger partial charge in [0.05, 0.1) is 40.3 Å². The lowest BCUT2D eigenvalue weighted by Gasteiger charge is -2.26. The van der Waals surface area contributed by atoms with Crippen LogP contribution in [0.2, 0.25) is 0 Å². The molecule has 0 saturated carbocycles. The second-order valence-electron chi connectivity index (χ2n) is 19.1. The Bertz CT molecular complexity index is 1570. The van der Waals surface area contributed by atoms with Gasteiger partial charge in [-0.05, 0) is 103 Å². The second-order valence-corrected chi connectivity index (χ2v) is 19.1. The lowest BCUT2D eigenvalue weighted by molar-refractivity contribution is -0.870. The summed E-state index contributed by atoms with van der Waals surface area (Å²) in [6, 6.07) is 0. The smallest absolute Gasteiger partial charge is 0.306 e. The fourth-order valence-corrected chi connectivity index (χ4v) is 6.94. The van der Waals surface area contributed by atoms with Crippen LogP contribution in [-0.2, 0) is 33.3 Å². The normalized spacial score (nSPS) is 13.8. The van der Waals surface area contributed by atoms with E-state index in [4.69, 9.17) is 18.9 Å². The van der Waals surface area contributed by atoms with Crippen LogP contribution in [0.15, 0.2) is 122 Å². The van der Waals surface area contributed by atoms with Crippen molar-refractivity contribution >= 4 is 17.9 Å². The predicted octanol–water partition coefficient (Wildman–Crippen LogP) is 14.8. The van der Waals surface area contributed by atoms with E-state index in [9.17, 15) is 19.5 Å². The van der Waals surface area contributed by atoms with Crippen molar-refractivity contribution in [2.75, 3.05) is 47.5 Å². The molecule has 71 heavy (non-hydrogen) atoms. The number of esters is 2. The maximum atomic E-state index is 12.8. The van der Waals surface area contributed by atoms with Crippen molar-refractivity contribution in [3.63, 3.8) is 0 Å². The van der Waals surface area contributed by atoms with E-state index in [1.807, 2.05) is 27.2 Å². The summed E-state index contributed by atoms with van der Waals surface area (Å²) in [6.45, 7) is 4.54. The Kier molecular flexibility index (Phi) is 48.9. The standard InChI is InChI=1S/C62H101NO8/c1-6-8-10-12-14-16-18-20-22-24-25-26-27-28-29-30-31-32-33-34-35-37-39-41-43-45-47-49-51-53-60(65)71-58(57-70-62(61(66)67)68-55-54-63(3,4)5)56-69-59(64)52-50-48-46-44-42-40-38-36-23-21-19-17-15-13-11-9-7-2/h8,10,14,16,20-23,25-26,28-29,31-32,34-35,39,41,45,47,58,62H,6-7,9,11-13,15,17-19,24,27,30,33,36-38,40,42-44,46,48-57H2,1-5H3/b10-8-,16-14-,22-20-,23-21-,26-25-,29-28-,32-31-,35-34-,41-39-,47-45-. The number of aliphatic carboxylic acids is 1. The third kappa shape index (κ3) is 53.3. The molecule has 0 aliphatic rings. The largest absolute Gasteiger partial charge is 0.545 e. The van der Waals surface area contributed by atoms with Gasteiger partial charge in [0, 0.05) is 12.8 Å². The number of hydrogen-bond donors (Lipinski definition) is 0. The van der Waals surface area contributed by atoms with Crippen LogP contribution in [0.25, 0.3) is 0 Å². The molecule has 0 bridgehead atoms. The molecule has 0 rings (SSSR count). The van der Waals surface area contributed by atoms with Crippen LogP contribution in [0, 0.1) is 0 Å². The Morgan fingerprint density at radius 1 is 0.437 bits per heavy atom. The van der Waals surface area contributed by atoms with Gasteiger partial charge in [0.1, 0.15) is 13.2 Å². The molecule has 0 aromatic rings. The summed E-state index contributed by atoms with van der Waals surface area (Å²) in [6.07, 6.45) is 69.6. The van der Waals surface area contributed by atoms with Crippen LogP contribution in [0.3, 0.4) is 0 Å². The number of carbonyl (C=O) groups is 3. The van der Waals surface area contributed by atoms with Gasteiger partial charge in [-0.25, -0.2) is 0 Å². The Labute approximate surface area is 434 Å². The van der Waals surface area contributed by atoms with Gasteiger partial charge in [0.15, 0.2) is 12.4 Å². The highest BCUT2D eigenvalue weighted by Gasteiger charge is 2.21. The molecular weight excluding hydrogens is 887 g/mol. The number of likely N-dealkylation sites (N-methyl/N-ethyl adjacent to an activating group) is 1. The Balaban J connectivity index is 4.44. The van der Waals surface area contributed by atoms with Crippen molar-refractivity contribution < 1.29 is 42.9 Å². The van der Waals surface area contributed by atoms with E-state index in [1.54, 1.807) is 0 Å². The molecule has 9 heteroatoms. The number of ether oxygens (including phenoxy) is 4. The molecule has 0 amide bonds. The average molecular weight is 988 g/mol. The van der Waals surface area contributed by atoms with Crippen LogP contribution in [0.5, 0.6) is 0 Å². The number of carboxylic acid groups (broad SMARTS) is 1. The summed E-state index contributed by atoms with van der Waals surface area (Å²) in [5.74, 6) is -2.39. The van der Waals surface area contributed by atoms with E-state index in [1.165, 1.54) is 64.2 Å². The summed E-state index contributed by atoms with van der Waals surface area (Å²) in [4.78, 5) is 37.2. The highest BCUT2D eigenvalue weighted by atomic mass is 16.7. The first-order valence-electron chi connectivity index (χ1n) is 27.7. The minimum absolute atomic E-state index is 0.129. The monoisotopic (exact) mass is 988 g/mol. The highest BCUT2D eigenvalue weighted by molar-refractivity contribution is 5.70. The maximum absolute atomic E-state index is 12.8. The van der Waals surface area contributed by atoms with Crippen molar-refractivity contribution in [2.45, 2.75) is 206 Å². The lowest BCUT2D eigenvalue weighted by atomic mass is 10.1. The summed E-state index contributed by atoms with van der Waals surface area (Å²) in [5, 5.41) is 11.8. The average Bonchev–Trinajstić information content (AvgIpc) is 3.34. The maximum Gasteiger partial charge on any atom is 0.306 e. The highest BCUT2D eigenvalue weighted by Crippen LogP contribution is 2.13. The molecule has 2 atom stereocenters. The molecule has 0 radical (unpaired) electrons. The van der Waals surface area contributed by atoms with E-state index in [0.717, 1.165) is 89.9 Å². The fraction of sp³-hybridized carbons (Fsp3) is 0.629. The molecular formula is C62H101NO8. The van der Waals surface area contributed by atoms with E-state index < -0.39 is 24.3 Å². The van der Waals surface area contributed by atoms with Crippen molar-refractivity contribution in [3.8, 4) is 0 Å². The fourth-order valence-electron chi connectivity index (χ4n) is 6.94. The Morgan fingerprint density at radius 2 is 0.817 bits per heavy atom. The number of rotatable bonds is 49. The summed E-state index contributed by atoms with van der Waals surface area (Å²) in [5.41, 5.74) is 0. The Hall–Kier alpha value is -4.31. The van der Waals surface area contributed by atoms with Crippen LogP contribution in [-0.4, -0.2) is 82.3 Å². The minimum Gasteiger partial charge on any atom is -0.545 e. The zero-order valence-corrected chi connectivity index (χ0v) is 45.5. The topological polar surface area (TPSA) is 111 Å². The Morgan fingerprint density at radius 3 is 1.25 bits per heavy atom. The molecule has 0 aromatic heterocycles. The molecule has 0 spiro atoms. The molecule has 402 valence electrons. The van der Waals surface area contributed by atoms with Crippen LogP contribution < -0.4 is 5.11 Å². The quantitative estimate of drug-likeness (QED) is 0.0195. The first-order chi connectivity index (χ1) is 34.6. The predicted molar refractivity (Wildman–Crippen MR) is 296 cm³/mol. The third-order valence-electron chi connectivity index (χ3n) is 11.2. The first-order valence-corrected chi connectivity index (χ1v) is 27.7. The van der Waals surface area contributed by atoms with E-state index >= 15 is 0 Å². The lowest BCUT2D eigenvalue weighted by Crippen LogP contribution is -2.44.